The van der Waals surface area contributed by atoms with Crippen molar-refractivity contribution in [2.75, 3.05) is 11.9 Å². The number of primary amides is 1. The number of carbonyl (C=O) groups excluding carboxylic acids is 1. The van der Waals surface area contributed by atoms with E-state index in [2.05, 4.69) is 10.3 Å². The third-order valence-corrected chi connectivity index (χ3v) is 3.45. The van der Waals surface area contributed by atoms with Gasteiger partial charge in [-0.25, -0.2) is 4.98 Å². The van der Waals surface area contributed by atoms with E-state index in [4.69, 9.17) is 10.5 Å². The third kappa shape index (κ3) is 3.96. The van der Waals surface area contributed by atoms with Crippen molar-refractivity contribution in [2.24, 2.45) is 5.73 Å². The number of anilines is 1. The maximum absolute atomic E-state index is 10.7. The summed E-state index contributed by atoms with van der Waals surface area (Å²) < 4.78 is 5.24. The largest absolute Gasteiger partial charge is 0.484 e. The molecule has 0 radical (unpaired) electrons. The summed E-state index contributed by atoms with van der Waals surface area (Å²) in [5.41, 5.74) is 8.83. The van der Waals surface area contributed by atoms with Crippen molar-refractivity contribution in [3.8, 4) is 5.75 Å². The number of amides is 1. The number of nitrogens with zero attached hydrogens (tertiary/aromatic N) is 1. The molecule has 100 valence electrons. The quantitative estimate of drug-likeness (QED) is 0.845. The van der Waals surface area contributed by atoms with Crippen molar-refractivity contribution in [3.63, 3.8) is 0 Å². The van der Waals surface area contributed by atoms with Crippen molar-refractivity contribution in [3.05, 3.63) is 40.3 Å². The lowest BCUT2D eigenvalue weighted by Crippen LogP contribution is -2.20. The van der Waals surface area contributed by atoms with Gasteiger partial charge >= 0.3 is 0 Å². The predicted octanol–water partition coefficient (Wildman–Crippen LogP) is 1.93. The zero-order valence-electron chi connectivity index (χ0n) is 10.6. The van der Waals surface area contributed by atoms with E-state index < -0.39 is 5.91 Å². The SMILES string of the molecule is Cc1ncsc1CNc1cccc(OCC(N)=O)c1. The van der Waals surface area contributed by atoms with Crippen LogP contribution in [-0.2, 0) is 11.3 Å². The number of carbonyl (C=O) groups is 1. The molecule has 3 N–H and O–H groups in total. The minimum atomic E-state index is -0.487. The molecule has 1 heterocycles. The minimum Gasteiger partial charge on any atom is -0.484 e. The number of aryl methyl sites for hydroxylation is 1. The first-order valence-corrected chi connectivity index (χ1v) is 6.67. The van der Waals surface area contributed by atoms with Gasteiger partial charge in [-0.05, 0) is 19.1 Å². The standard InChI is InChI=1S/C13H15N3O2S/c1-9-12(19-8-16-9)6-15-10-3-2-4-11(5-10)18-7-13(14)17/h2-5,8,15H,6-7H2,1H3,(H2,14,17). The van der Waals surface area contributed by atoms with Gasteiger partial charge in [0, 0.05) is 16.6 Å². The summed E-state index contributed by atoms with van der Waals surface area (Å²) in [6.45, 7) is 2.59. The molecule has 1 amide bonds. The Labute approximate surface area is 115 Å². The number of ether oxygens (including phenoxy) is 1. The highest BCUT2D eigenvalue weighted by atomic mass is 32.1. The van der Waals surface area contributed by atoms with Crippen molar-refractivity contribution >= 4 is 22.9 Å². The van der Waals surface area contributed by atoms with Gasteiger partial charge in [-0.2, -0.15) is 0 Å². The molecule has 0 saturated heterocycles. The van der Waals surface area contributed by atoms with E-state index in [0.29, 0.717) is 5.75 Å². The molecule has 0 aliphatic rings. The topological polar surface area (TPSA) is 77.2 Å². The van der Waals surface area contributed by atoms with Crippen molar-refractivity contribution in [1.82, 2.24) is 4.98 Å². The molecule has 0 aliphatic heterocycles. The molecule has 0 unspecified atom stereocenters. The van der Waals surface area contributed by atoms with E-state index in [1.54, 1.807) is 17.4 Å². The summed E-state index contributed by atoms with van der Waals surface area (Å²) in [4.78, 5) is 16.0. The molecule has 1 aromatic heterocycles. The molecule has 0 bridgehead atoms. The number of nitrogens with two attached hydrogens (primary N) is 1. The first kappa shape index (κ1) is 13.4. The fourth-order valence-electron chi connectivity index (χ4n) is 1.53. The van der Waals surface area contributed by atoms with Crippen LogP contribution in [0.1, 0.15) is 10.6 Å². The molecule has 0 spiro atoms. The van der Waals surface area contributed by atoms with Crippen LogP contribution in [0.3, 0.4) is 0 Å². The Morgan fingerprint density at radius 1 is 1.53 bits per heavy atom. The van der Waals surface area contributed by atoms with Gasteiger partial charge in [-0.1, -0.05) is 6.07 Å². The lowest BCUT2D eigenvalue weighted by molar-refractivity contribution is -0.119. The van der Waals surface area contributed by atoms with Crippen LogP contribution in [0.5, 0.6) is 5.75 Å². The molecule has 1 aromatic carbocycles. The molecular weight excluding hydrogens is 262 g/mol. The maximum Gasteiger partial charge on any atom is 0.255 e. The van der Waals surface area contributed by atoms with Crippen LogP contribution in [0.2, 0.25) is 0 Å². The van der Waals surface area contributed by atoms with E-state index in [0.717, 1.165) is 17.9 Å². The zero-order valence-corrected chi connectivity index (χ0v) is 11.4. The number of hydrogen-bond donors (Lipinski definition) is 2. The van der Waals surface area contributed by atoms with Crippen LogP contribution >= 0.6 is 11.3 Å². The average Bonchev–Trinajstić information content (AvgIpc) is 2.80. The fraction of sp³-hybridized carbons (Fsp3) is 0.231. The summed E-state index contributed by atoms with van der Waals surface area (Å²) in [6.07, 6.45) is 0. The second-order valence-electron chi connectivity index (χ2n) is 4.00. The molecule has 6 heteroatoms. The molecule has 0 atom stereocenters. The Bertz CT molecular complexity index is 569. The van der Waals surface area contributed by atoms with E-state index in [1.807, 2.05) is 30.6 Å². The van der Waals surface area contributed by atoms with E-state index in [9.17, 15) is 4.79 Å². The van der Waals surface area contributed by atoms with Crippen LogP contribution in [0, 0.1) is 6.92 Å². The summed E-state index contributed by atoms with van der Waals surface area (Å²) in [6, 6.07) is 7.41. The molecule has 5 nitrogen and oxygen atoms in total. The monoisotopic (exact) mass is 277 g/mol. The van der Waals surface area contributed by atoms with Crippen LogP contribution in [-0.4, -0.2) is 17.5 Å². The van der Waals surface area contributed by atoms with Gasteiger partial charge in [0.1, 0.15) is 5.75 Å². The molecule has 0 fully saturated rings. The molecule has 2 rings (SSSR count). The number of thiazole rings is 1. The van der Waals surface area contributed by atoms with Crippen molar-refractivity contribution < 1.29 is 9.53 Å². The van der Waals surface area contributed by atoms with Gasteiger partial charge in [0.15, 0.2) is 6.61 Å². The van der Waals surface area contributed by atoms with Crippen LogP contribution < -0.4 is 15.8 Å². The van der Waals surface area contributed by atoms with Gasteiger partial charge < -0.3 is 15.8 Å². The van der Waals surface area contributed by atoms with Gasteiger partial charge in [-0.15, -0.1) is 11.3 Å². The van der Waals surface area contributed by atoms with E-state index >= 15 is 0 Å². The highest BCUT2D eigenvalue weighted by Crippen LogP contribution is 2.19. The fourth-order valence-corrected chi connectivity index (χ4v) is 2.25. The van der Waals surface area contributed by atoms with Gasteiger partial charge in [0.25, 0.3) is 5.91 Å². The Morgan fingerprint density at radius 3 is 3.05 bits per heavy atom. The van der Waals surface area contributed by atoms with Crippen LogP contribution in [0.25, 0.3) is 0 Å². The van der Waals surface area contributed by atoms with Crippen LogP contribution in [0.4, 0.5) is 5.69 Å². The normalized spacial score (nSPS) is 10.2. The highest BCUT2D eigenvalue weighted by molar-refractivity contribution is 7.09. The van der Waals surface area contributed by atoms with Gasteiger partial charge in [0.2, 0.25) is 0 Å². The van der Waals surface area contributed by atoms with Crippen molar-refractivity contribution in [2.45, 2.75) is 13.5 Å². The summed E-state index contributed by atoms with van der Waals surface area (Å²) in [5, 5.41) is 3.29. The molecule has 0 aliphatic carbocycles. The maximum atomic E-state index is 10.7. The van der Waals surface area contributed by atoms with Gasteiger partial charge in [-0.3, -0.25) is 4.79 Å². The zero-order chi connectivity index (χ0) is 13.7. The van der Waals surface area contributed by atoms with Gasteiger partial charge in [0.05, 0.1) is 17.7 Å². The highest BCUT2D eigenvalue weighted by Gasteiger charge is 2.02. The number of nitrogens with one attached hydrogen (secondary N) is 1. The summed E-state index contributed by atoms with van der Waals surface area (Å²) in [5.74, 6) is 0.128. The Hall–Kier alpha value is -2.08. The molecule has 19 heavy (non-hydrogen) atoms. The Balaban J connectivity index is 1.95. The molecule has 0 saturated carbocycles. The van der Waals surface area contributed by atoms with E-state index in [-0.39, 0.29) is 6.61 Å². The average molecular weight is 277 g/mol. The summed E-state index contributed by atoms with van der Waals surface area (Å²) >= 11 is 1.62. The smallest absolute Gasteiger partial charge is 0.255 e. The summed E-state index contributed by atoms with van der Waals surface area (Å²) in [7, 11) is 0. The lowest BCUT2D eigenvalue weighted by atomic mass is 10.3. The second-order valence-corrected chi connectivity index (χ2v) is 4.94. The number of benzene rings is 1. The third-order valence-electron chi connectivity index (χ3n) is 2.51. The molecule has 2 aromatic rings. The lowest BCUT2D eigenvalue weighted by Gasteiger charge is -2.08. The Kier molecular flexibility index (Phi) is 4.35. The predicted molar refractivity (Wildman–Crippen MR) is 75.3 cm³/mol. The number of hydrogen-bond acceptors (Lipinski definition) is 5. The first-order valence-electron chi connectivity index (χ1n) is 5.79. The molecular formula is C13H15N3O2S. The van der Waals surface area contributed by atoms with E-state index in [1.165, 1.54) is 4.88 Å². The van der Waals surface area contributed by atoms with Crippen LogP contribution in [0.15, 0.2) is 29.8 Å². The second kappa shape index (κ2) is 6.19. The first-order chi connectivity index (χ1) is 9.15. The minimum absolute atomic E-state index is 0.114. The Morgan fingerprint density at radius 2 is 2.37 bits per heavy atom. The number of aromatic nitrogens is 1. The number of rotatable bonds is 6. The van der Waals surface area contributed by atoms with Crippen molar-refractivity contribution in [1.29, 1.82) is 0 Å².